The minimum atomic E-state index is -0.745. The van der Waals surface area contributed by atoms with Crippen molar-refractivity contribution in [3.05, 3.63) is 0 Å². The van der Waals surface area contributed by atoms with E-state index < -0.39 is 11.9 Å². The van der Waals surface area contributed by atoms with E-state index in [0.717, 1.165) is 0 Å². The van der Waals surface area contributed by atoms with Crippen LogP contribution in [-0.4, -0.2) is 22.2 Å². The van der Waals surface area contributed by atoms with Gasteiger partial charge in [0.05, 0.1) is 0 Å². The van der Waals surface area contributed by atoms with Gasteiger partial charge < -0.3 is 10.2 Å². The fourth-order valence-electron chi connectivity index (χ4n) is 5.24. The third-order valence-corrected chi connectivity index (χ3v) is 8.52. The fourth-order valence-corrected chi connectivity index (χ4v) is 5.24. The summed E-state index contributed by atoms with van der Waals surface area (Å²) in [6.45, 7) is 12.4. The second-order valence-electron chi connectivity index (χ2n) is 13.4. The molecule has 46 heavy (non-hydrogen) atoms. The first-order chi connectivity index (χ1) is 22.4. The maximum Gasteiger partial charge on any atom is 0.303 e. The topological polar surface area (TPSA) is 74.6 Å². The van der Waals surface area contributed by atoms with Crippen LogP contribution in [0.5, 0.6) is 0 Å². The van der Waals surface area contributed by atoms with Crippen LogP contribution in [0.3, 0.4) is 0 Å². The van der Waals surface area contributed by atoms with Crippen molar-refractivity contribution in [2.45, 2.75) is 260 Å². The van der Waals surface area contributed by atoms with Gasteiger partial charge in [-0.15, -0.1) is 0 Å². The molecule has 0 heterocycles. The average molecular weight is 657 g/mol. The minimum absolute atomic E-state index is 0.222. The van der Waals surface area contributed by atoms with Gasteiger partial charge in [-0.05, 0) is 0 Å². The zero-order valence-corrected chi connectivity index (χ0v) is 32.8. The van der Waals surface area contributed by atoms with Crippen LogP contribution in [-0.2, 0) is 9.59 Å². The van der Waals surface area contributed by atoms with Crippen LogP contribution in [0.2, 0.25) is 0 Å². The lowest BCUT2D eigenvalue weighted by molar-refractivity contribution is -0.137. The van der Waals surface area contributed by atoms with Gasteiger partial charge in [-0.1, -0.05) is 247 Å². The van der Waals surface area contributed by atoms with E-state index in [1.165, 1.54) is 205 Å². The SMILES string of the molecule is CCC(=O)O.CCC(=O)O.CCCCCCCCCCCCCCCCCC.CCCCCCCCCCCCCCCCCC. The molecule has 4 heteroatoms. The molecule has 0 atom stereocenters. The summed E-state index contributed by atoms with van der Waals surface area (Å²) in [6.07, 6.45) is 47.3. The normalized spacial score (nSPS) is 10.2. The standard InChI is InChI=1S/2C18H38.2C3H6O2/c2*1-3-5-7-9-11-13-15-17-18-16-14-12-10-8-6-4-2;2*1-2-3(4)5/h2*3-18H2,1-2H3;2*2H2,1H3,(H,4,5). The average Bonchev–Trinajstić information content (AvgIpc) is 3.06. The lowest BCUT2D eigenvalue weighted by Gasteiger charge is -2.03. The summed E-state index contributed by atoms with van der Waals surface area (Å²) in [5.74, 6) is -1.49. The van der Waals surface area contributed by atoms with Crippen LogP contribution in [0.4, 0.5) is 0 Å². The van der Waals surface area contributed by atoms with Crippen LogP contribution in [0, 0.1) is 0 Å². The molecule has 0 bridgehead atoms. The second kappa shape index (κ2) is 53.4. The summed E-state index contributed by atoms with van der Waals surface area (Å²) in [5, 5.41) is 15.4. The van der Waals surface area contributed by atoms with Gasteiger partial charge in [0.1, 0.15) is 0 Å². The number of carbonyl (C=O) groups is 2. The Labute approximate surface area is 291 Å². The molecule has 0 saturated carbocycles. The molecule has 0 aromatic heterocycles. The van der Waals surface area contributed by atoms with E-state index in [1.807, 2.05) is 0 Å². The van der Waals surface area contributed by atoms with Gasteiger partial charge in [-0.3, -0.25) is 9.59 Å². The summed E-state index contributed by atoms with van der Waals surface area (Å²) in [7, 11) is 0. The van der Waals surface area contributed by atoms with E-state index in [2.05, 4.69) is 27.7 Å². The molecular formula is C42H88O4. The smallest absolute Gasteiger partial charge is 0.303 e. The number of hydrogen-bond donors (Lipinski definition) is 2. The first-order valence-electron chi connectivity index (χ1n) is 20.8. The number of rotatable bonds is 32. The first-order valence-corrected chi connectivity index (χ1v) is 20.8. The Morgan fingerprint density at radius 3 is 0.413 bits per heavy atom. The van der Waals surface area contributed by atoms with Crippen molar-refractivity contribution in [2.24, 2.45) is 0 Å². The third kappa shape index (κ3) is 69.6. The molecule has 2 N–H and O–H groups in total. The van der Waals surface area contributed by atoms with Crippen LogP contribution in [0.15, 0.2) is 0 Å². The van der Waals surface area contributed by atoms with Crippen molar-refractivity contribution < 1.29 is 19.8 Å². The van der Waals surface area contributed by atoms with Crippen molar-refractivity contribution in [3.8, 4) is 0 Å². The highest BCUT2D eigenvalue weighted by atomic mass is 16.4. The lowest BCUT2D eigenvalue weighted by Crippen LogP contribution is -1.86. The van der Waals surface area contributed by atoms with Crippen LogP contribution >= 0.6 is 0 Å². The predicted octanol–water partition coefficient (Wildman–Crippen LogP) is 15.5. The predicted molar refractivity (Wildman–Crippen MR) is 206 cm³/mol. The van der Waals surface area contributed by atoms with E-state index in [4.69, 9.17) is 10.2 Å². The zero-order chi connectivity index (χ0) is 35.2. The molecule has 0 aromatic carbocycles. The van der Waals surface area contributed by atoms with Crippen LogP contribution in [0.1, 0.15) is 260 Å². The van der Waals surface area contributed by atoms with Gasteiger partial charge >= 0.3 is 11.9 Å². The summed E-state index contributed by atoms with van der Waals surface area (Å²) in [5.41, 5.74) is 0. The van der Waals surface area contributed by atoms with Gasteiger partial charge in [0.2, 0.25) is 0 Å². The van der Waals surface area contributed by atoms with Gasteiger partial charge in [-0.2, -0.15) is 0 Å². The van der Waals surface area contributed by atoms with E-state index in [1.54, 1.807) is 13.8 Å². The third-order valence-electron chi connectivity index (χ3n) is 8.52. The highest BCUT2D eigenvalue weighted by molar-refractivity contribution is 5.66. The van der Waals surface area contributed by atoms with Crippen LogP contribution < -0.4 is 0 Å². The Balaban J connectivity index is -0.000000296. The molecule has 4 nitrogen and oxygen atoms in total. The first kappa shape index (κ1) is 51.8. The molecule has 0 aromatic rings. The van der Waals surface area contributed by atoms with Crippen molar-refractivity contribution in [1.82, 2.24) is 0 Å². The summed E-state index contributed by atoms with van der Waals surface area (Å²) < 4.78 is 0. The molecule has 0 fully saturated rings. The van der Waals surface area contributed by atoms with Crippen molar-refractivity contribution >= 4 is 11.9 Å². The Hall–Kier alpha value is -1.06. The number of unbranched alkanes of at least 4 members (excludes halogenated alkanes) is 30. The fraction of sp³-hybridized carbons (Fsp3) is 0.952. The quantitative estimate of drug-likeness (QED) is 0.0707. The molecule has 0 unspecified atom stereocenters. The Morgan fingerprint density at radius 2 is 0.348 bits per heavy atom. The second-order valence-corrected chi connectivity index (χ2v) is 13.4. The molecule has 0 amide bonds. The van der Waals surface area contributed by atoms with Crippen molar-refractivity contribution in [2.75, 3.05) is 0 Å². The number of hydrogen-bond acceptors (Lipinski definition) is 2. The van der Waals surface area contributed by atoms with E-state index >= 15 is 0 Å². The molecule has 0 aliphatic heterocycles. The highest BCUT2D eigenvalue weighted by Crippen LogP contribution is 2.15. The molecule has 0 radical (unpaired) electrons. The van der Waals surface area contributed by atoms with Gasteiger partial charge in [-0.25, -0.2) is 0 Å². The van der Waals surface area contributed by atoms with Crippen molar-refractivity contribution in [3.63, 3.8) is 0 Å². The molecule has 0 rings (SSSR count). The number of carboxylic acid groups (broad SMARTS) is 2. The Bertz CT molecular complexity index is 442. The van der Waals surface area contributed by atoms with E-state index in [9.17, 15) is 9.59 Å². The molecule has 0 saturated heterocycles. The maximum absolute atomic E-state index is 9.37. The van der Waals surface area contributed by atoms with Crippen LogP contribution in [0.25, 0.3) is 0 Å². The Morgan fingerprint density at radius 1 is 0.261 bits per heavy atom. The lowest BCUT2D eigenvalue weighted by atomic mass is 10.0. The van der Waals surface area contributed by atoms with E-state index in [0.29, 0.717) is 0 Å². The van der Waals surface area contributed by atoms with Gasteiger partial charge in [0.15, 0.2) is 0 Å². The number of aliphatic carboxylic acids is 2. The molecule has 0 aliphatic carbocycles. The summed E-state index contributed by atoms with van der Waals surface area (Å²) in [6, 6.07) is 0. The molecule has 0 aliphatic rings. The van der Waals surface area contributed by atoms with Crippen molar-refractivity contribution in [1.29, 1.82) is 0 Å². The maximum atomic E-state index is 9.37. The van der Waals surface area contributed by atoms with Gasteiger partial charge in [0, 0.05) is 12.8 Å². The molecule has 280 valence electrons. The minimum Gasteiger partial charge on any atom is -0.481 e. The molecule has 0 spiro atoms. The van der Waals surface area contributed by atoms with Gasteiger partial charge in [0.25, 0.3) is 0 Å². The van der Waals surface area contributed by atoms with E-state index in [-0.39, 0.29) is 12.8 Å². The monoisotopic (exact) mass is 657 g/mol. The zero-order valence-electron chi connectivity index (χ0n) is 32.8. The largest absolute Gasteiger partial charge is 0.481 e. The molecular weight excluding hydrogens is 568 g/mol. The Kier molecular flexibility index (Phi) is 60.1. The summed E-state index contributed by atoms with van der Waals surface area (Å²) >= 11 is 0. The highest BCUT2D eigenvalue weighted by Gasteiger charge is 1.95. The number of carboxylic acids is 2. The summed E-state index contributed by atoms with van der Waals surface area (Å²) in [4.78, 5) is 18.7.